The van der Waals surface area contributed by atoms with Crippen molar-refractivity contribution in [3.63, 3.8) is 0 Å². The maximum atomic E-state index is 12.8. The quantitative estimate of drug-likeness (QED) is 0.418. The molecule has 4 rings (SSSR count). The molecule has 0 bridgehead atoms. The molecule has 0 aliphatic carbocycles. The molecule has 1 aromatic heterocycles. The standard InChI is InChI=1S/C21H24N2O5S/c1-3-9-26-11-15-10-21(17(24)27-15)13-20(2,28-18(21)25)16-12-29-19(23-16)22-14-7-5-4-6-8-14/h4-8,12,15H,3,9-11,13H2,1-2H3,(H,22,23)/t15-,20-,21+/m0/s1. The third-order valence-electron chi connectivity index (χ3n) is 5.31. The maximum Gasteiger partial charge on any atom is 0.324 e. The molecule has 2 aliphatic heterocycles. The molecule has 0 unspecified atom stereocenters. The van der Waals surface area contributed by atoms with Crippen molar-refractivity contribution in [1.82, 2.24) is 4.98 Å². The molecule has 0 amide bonds. The predicted molar refractivity (Wildman–Crippen MR) is 108 cm³/mol. The Hall–Kier alpha value is -2.45. The van der Waals surface area contributed by atoms with Crippen LogP contribution in [0.2, 0.25) is 0 Å². The summed E-state index contributed by atoms with van der Waals surface area (Å²) < 4.78 is 16.7. The Labute approximate surface area is 173 Å². The van der Waals surface area contributed by atoms with E-state index in [2.05, 4.69) is 10.3 Å². The van der Waals surface area contributed by atoms with Crippen LogP contribution in [0.1, 0.15) is 38.8 Å². The monoisotopic (exact) mass is 416 g/mol. The number of ether oxygens (including phenoxy) is 3. The van der Waals surface area contributed by atoms with Crippen LogP contribution < -0.4 is 5.32 Å². The van der Waals surface area contributed by atoms with Gasteiger partial charge in [-0.2, -0.15) is 0 Å². The summed E-state index contributed by atoms with van der Waals surface area (Å²) in [6, 6.07) is 9.71. The van der Waals surface area contributed by atoms with E-state index in [1.54, 1.807) is 6.92 Å². The molecule has 3 atom stereocenters. The Kier molecular flexibility index (Phi) is 5.31. The molecule has 1 aromatic carbocycles. The van der Waals surface area contributed by atoms with Gasteiger partial charge in [-0.1, -0.05) is 25.1 Å². The lowest BCUT2D eigenvalue weighted by atomic mass is 9.78. The van der Waals surface area contributed by atoms with Gasteiger partial charge in [0.05, 0.1) is 12.3 Å². The summed E-state index contributed by atoms with van der Waals surface area (Å²) in [5.41, 5.74) is -0.689. The van der Waals surface area contributed by atoms with Gasteiger partial charge in [0.2, 0.25) is 0 Å². The fourth-order valence-corrected chi connectivity index (χ4v) is 4.74. The predicted octanol–water partition coefficient (Wildman–Crippen LogP) is 3.78. The number of cyclic esters (lactones) is 2. The highest BCUT2D eigenvalue weighted by Crippen LogP contribution is 2.52. The molecule has 8 heteroatoms. The third-order valence-corrected chi connectivity index (χ3v) is 6.07. The smallest absolute Gasteiger partial charge is 0.324 e. The van der Waals surface area contributed by atoms with Crippen LogP contribution in [0.5, 0.6) is 0 Å². The second kappa shape index (κ2) is 7.76. The number of carbonyl (C=O) groups is 2. The van der Waals surface area contributed by atoms with Crippen LogP contribution in [0.25, 0.3) is 0 Å². The van der Waals surface area contributed by atoms with Crippen molar-refractivity contribution < 1.29 is 23.8 Å². The van der Waals surface area contributed by atoms with Crippen molar-refractivity contribution in [2.24, 2.45) is 5.41 Å². The molecule has 2 saturated heterocycles. The minimum absolute atomic E-state index is 0.219. The number of anilines is 2. The number of nitrogens with zero attached hydrogens (tertiary/aromatic N) is 1. The van der Waals surface area contributed by atoms with Gasteiger partial charge in [0, 0.05) is 30.5 Å². The van der Waals surface area contributed by atoms with Crippen molar-refractivity contribution in [1.29, 1.82) is 0 Å². The minimum Gasteiger partial charge on any atom is -0.459 e. The molecule has 2 aliphatic rings. The van der Waals surface area contributed by atoms with Crippen molar-refractivity contribution in [2.45, 2.75) is 44.8 Å². The molecule has 1 spiro atoms. The normalized spacial score (nSPS) is 28.6. The number of hydrogen-bond donors (Lipinski definition) is 1. The molecule has 154 valence electrons. The molecular weight excluding hydrogens is 392 g/mol. The number of aromatic nitrogens is 1. The van der Waals surface area contributed by atoms with Crippen LogP contribution in [0.3, 0.4) is 0 Å². The number of hydrogen-bond acceptors (Lipinski definition) is 8. The van der Waals surface area contributed by atoms with E-state index in [1.165, 1.54) is 11.3 Å². The number of carbonyl (C=O) groups excluding carboxylic acids is 2. The van der Waals surface area contributed by atoms with Crippen LogP contribution in [0.15, 0.2) is 35.7 Å². The van der Waals surface area contributed by atoms with E-state index < -0.39 is 29.1 Å². The SMILES string of the molecule is CCCOC[C@@H]1C[C@@]2(C[C@@](C)(c3csc(Nc4ccccc4)n3)OC2=O)C(=O)O1. The number of rotatable bonds is 7. The van der Waals surface area contributed by atoms with Crippen molar-refractivity contribution in [3.8, 4) is 0 Å². The highest BCUT2D eigenvalue weighted by molar-refractivity contribution is 7.13. The zero-order chi connectivity index (χ0) is 20.5. The summed E-state index contributed by atoms with van der Waals surface area (Å²) in [4.78, 5) is 30.0. The Morgan fingerprint density at radius 2 is 2.07 bits per heavy atom. The largest absolute Gasteiger partial charge is 0.459 e. The van der Waals surface area contributed by atoms with E-state index in [1.807, 2.05) is 42.6 Å². The molecule has 2 fully saturated rings. The molecular formula is C21H24N2O5S. The van der Waals surface area contributed by atoms with Crippen LogP contribution in [-0.4, -0.2) is 36.2 Å². The van der Waals surface area contributed by atoms with E-state index in [-0.39, 0.29) is 12.8 Å². The number of benzene rings is 1. The molecule has 7 nitrogen and oxygen atoms in total. The Balaban J connectivity index is 1.49. The minimum atomic E-state index is -1.27. The molecule has 1 N–H and O–H groups in total. The van der Waals surface area contributed by atoms with Crippen LogP contribution in [0, 0.1) is 5.41 Å². The number of nitrogens with one attached hydrogen (secondary N) is 1. The van der Waals surface area contributed by atoms with Crippen molar-refractivity contribution in [2.75, 3.05) is 18.5 Å². The Morgan fingerprint density at radius 1 is 1.28 bits per heavy atom. The van der Waals surface area contributed by atoms with E-state index in [0.717, 1.165) is 12.1 Å². The molecule has 0 saturated carbocycles. The van der Waals surface area contributed by atoms with Gasteiger partial charge in [-0.05, 0) is 25.5 Å². The zero-order valence-electron chi connectivity index (χ0n) is 16.5. The van der Waals surface area contributed by atoms with Crippen molar-refractivity contribution in [3.05, 3.63) is 41.4 Å². The van der Waals surface area contributed by atoms with Gasteiger partial charge in [-0.15, -0.1) is 11.3 Å². The number of esters is 2. The summed E-state index contributed by atoms with van der Waals surface area (Å²) in [6.07, 6.45) is 0.962. The van der Waals surface area contributed by atoms with Crippen LogP contribution in [-0.2, 0) is 29.4 Å². The second-order valence-electron chi connectivity index (χ2n) is 7.71. The van der Waals surface area contributed by atoms with E-state index in [4.69, 9.17) is 14.2 Å². The average Bonchev–Trinajstić information content (AvgIpc) is 3.35. The Morgan fingerprint density at radius 3 is 2.83 bits per heavy atom. The van der Waals surface area contributed by atoms with Gasteiger partial charge in [0.15, 0.2) is 16.1 Å². The van der Waals surface area contributed by atoms with Gasteiger partial charge >= 0.3 is 11.9 Å². The Bertz CT molecular complexity index is 901. The summed E-state index contributed by atoms with van der Waals surface area (Å²) in [6.45, 7) is 4.71. The lowest BCUT2D eigenvalue weighted by molar-refractivity contribution is -0.160. The lowest BCUT2D eigenvalue weighted by Gasteiger charge is -2.20. The molecule has 3 heterocycles. The van der Waals surface area contributed by atoms with Crippen molar-refractivity contribution >= 4 is 34.1 Å². The van der Waals surface area contributed by atoms with Gasteiger partial charge in [-0.25, -0.2) is 4.98 Å². The topological polar surface area (TPSA) is 86.8 Å². The molecule has 2 aromatic rings. The highest BCUT2D eigenvalue weighted by atomic mass is 32.1. The van der Waals surface area contributed by atoms with E-state index in [9.17, 15) is 9.59 Å². The summed E-state index contributed by atoms with van der Waals surface area (Å²) >= 11 is 1.43. The first-order valence-electron chi connectivity index (χ1n) is 9.75. The van der Waals surface area contributed by atoms with Gasteiger partial charge in [0.1, 0.15) is 6.10 Å². The fraction of sp³-hybridized carbons (Fsp3) is 0.476. The number of thiazole rings is 1. The van der Waals surface area contributed by atoms with E-state index in [0.29, 0.717) is 24.0 Å². The summed E-state index contributed by atoms with van der Waals surface area (Å²) in [5.74, 6) is -1.05. The first kappa shape index (κ1) is 19.8. The number of para-hydroxylation sites is 1. The van der Waals surface area contributed by atoms with Crippen LogP contribution in [0.4, 0.5) is 10.8 Å². The van der Waals surface area contributed by atoms with E-state index >= 15 is 0 Å². The zero-order valence-corrected chi connectivity index (χ0v) is 17.3. The van der Waals surface area contributed by atoms with Gasteiger partial charge in [0.25, 0.3) is 0 Å². The third kappa shape index (κ3) is 3.74. The first-order valence-corrected chi connectivity index (χ1v) is 10.6. The lowest BCUT2D eigenvalue weighted by Crippen LogP contribution is -2.32. The molecule has 0 radical (unpaired) electrons. The second-order valence-corrected chi connectivity index (χ2v) is 8.57. The summed E-state index contributed by atoms with van der Waals surface area (Å²) in [5, 5.41) is 5.80. The summed E-state index contributed by atoms with van der Waals surface area (Å²) in [7, 11) is 0. The fourth-order valence-electron chi connectivity index (χ4n) is 3.89. The first-order chi connectivity index (χ1) is 13.9. The maximum absolute atomic E-state index is 12.8. The van der Waals surface area contributed by atoms with Gasteiger partial charge < -0.3 is 19.5 Å². The van der Waals surface area contributed by atoms with Crippen LogP contribution >= 0.6 is 11.3 Å². The highest BCUT2D eigenvalue weighted by Gasteiger charge is 2.65. The average molecular weight is 416 g/mol. The molecule has 29 heavy (non-hydrogen) atoms. The van der Waals surface area contributed by atoms with Gasteiger partial charge in [-0.3, -0.25) is 9.59 Å².